The average molecular weight is 412 g/mol. The lowest BCUT2D eigenvalue weighted by atomic mass is 9.99. The minimum atomic E-state index is -0.380. The van der Waals surface area contributed by atoms with Gasteiger partial charge in [-0.15, -0.1) is 0 Å². The van der Waals surface area contributed by atoms with Crippen molar-refractivity contribution < 1.29 is 19.1 Å². The van der Waals surface area contributed by atoms with E-state index in [4.69, 9.17) is 4.74 Å². The number of carbonyl (C=O) groups excluding carboxylic acids is 3. The third kappa shape index (κ3) is 3.46. The molecule has 6 heteroatoms. The first-order chi connectivity index (χ1) is 15.1. The van der Waals surface area contributed by atoms with Crippen LogP contribution >= 0.6 is 0 Å². The molecule has 2 aliphatic rings. The Hall–Kier alpha value is -3.93. The van der Waals surface area contributed by atoms with Gasteiger partial charge in [0.2, 0.25) is 0 Å². The molecular weight excluding hydrogens is 392 g/mol. The van der Waals surface area contributed by atoms with Crippen molar-refractivity contribution in [3.05, 3.63) is 101 Å². The van der Waals surface area contributed by atoms with Crippen molar-refractivity contribution in [2.45, 2.75) is 19.0 Å². The Bertz CT molecular complexity index is 1190. The summed E-state index contributed by atoms with van der Waals surface area (Å²) < 4.78 is 5.65. The highest BCUT2D eigenvalue weighted by atomic mass is 16.5. The number of amides is 3. The third-order valence-electron chi connectivity index (χ3n) is 5.68. The molecule has 1 atom stereocenters. The summed E-state index contributed by atoms with van der Waals surface area (Å²) >= 11 is 0. The van der Waals surface area contributed by atoms with Gasteiger partial charge in [0.15, 0.2) is 0 Å². The van der Waals surface area contributed by atoms with Gasteiger partial charge < -0.3 is 10.1 Å². The molecule has 3 aromatic rings. The number of carbonyl (C=O) groups is 3. The summed E-state index contributed by atoms with van der Waals surface area (Å²) in [6, 6.07) is 21.5. The highest BCUT2D eigenvalue weighted by Gasteiger charge is 2.36. The van der Waals surface area contributed by atoms with E-state index in [1.54, 1.807) is 12.1 Å². The second-order valence-corrected chi connectivity index (χ2v) is 7.64. The van der Waals surface area contributed by atoms with E-state index in [0.717, 1.165) is 16.9 Å². The van der Waals surface area contributed by atoms with E-state index in [-0.39, 0.29) is 35.9 Å². The number of para-hydroxylation sites is 1. The molecule has 5 rings (SSSR count). The summed E-state index contributed by atoms with van der Waals surface area (Å²) in [5, 5.41) is 3.03. The Morgan fingerprint density at radius 1 is 0.935 bits per heavy atom. The first kappa shape index (κ1) is 19.1. The van der Waals surface area contributed by atoms with Gasteiger partial charge in [0.25, 0.3) is 17.7 Å². The molecule has 0 aromatic heterocycles. The van der Waals surface area contributed by atoms with E-state index in [9.17, 15) is 14.4 Å². The third-order valence-corrected chi connectivity index (χ3v) is 5.68. The second kappa shape index (κ2) is 7.72. The lowest BCUT2D eigenvalue weighted by Crippen LogP contribution is -2.32. The van der Waals surface area contributed by atoms with E-state index < -0.39 is 0 Å². The van der Waals surface area contributed by atoms with Crippen LogP contribution < -0.4 is 10.1 Å². The largest absolute Gasteiger partial charge is 0.493 e. The van der Waals surface area contributed by atoms with Gasteiger partial charge in [-0.05, 0) is 29.8 Å². The van der Waals surface area contributed by atoms with Crippen LogP contribution in [-0.2, 0) is 6.54 Å². The van der Waals surface area contributed by atoms with Gasteiger partial charge in [0.1, 0.15) is 5.75 Å². The van der Waals surface area contributed by atoms with Gasteiger partial charge >= 0.3 is 0 Å². The van der Waals surface area contributed by atoms with Crippen LogP contribution in [0.1, 0.15) is 54.7 Å². The van der Waals surface area contributed by atoms with Gasteiger partial charge in [0.05, 0.1) is 30.3 Å². The summed E-state index contributed by atoms with van der Waals surface area (Å²) in [6.07, 6.45) is 0.663. The molecule has 6 nitrogen and oxygen atoms in total. The zero-order valence-electron chi connectivity index (χ0n) is 16.7. The lowest BCUT2D eigenvalue weighted by molar-refractivity contribution is 0.0642. The van der Waals surface area contributed by atoms with E-state index in [1.165, 1.54) is 11.0 Å². The number of fused-ring (bicyclic) bond motifs is 2. The van der Waals surface area contributed by atoms with Crippen LogP contribution in [-0.4, -0.2) is 29.2 Å². The number of ether oxygens (including phenoxy) is 1. The van der Waals surface area contributed by atoms with E-state index >= 15 is 0 Å². The molecule has 2 aliphatic heterocycles. The fourth-order valence-corrected chi connectivity index (χ4v) is 4.08. The van der Waals surface area contributed by atoms with Crippen molar-refractivity contribution in [1.82, 2.24) is 10.2 Å². The van der Waals surface area contributed by atoms with Crippen molar-refractivity contribution >= 4 is 17.7 Å². The highest BCUT2D eigenvalue weighted by molar-refractivity contribution is 6.22. The second-order valence-electron chi connectivity index (χ2n) is 7.64. The summed E-state index contributed by atoms with van der Waals surface area (Å²) in [5.41, 5.74) is 2.75. The maximum atomic E-state index is 12.9. The molecular formula is C25H20N2O4. The molecule has 0 bridgehead atoms. The van der Waals surface area contributed by atoms with Gasteiger partial charge in [-0.3, -0.25) is 19.3 Å². The zero-order chi connectivity index (χ0) is 21.4. The molecule has 0 unspecified atom stereocenters. The van der Waals surface area contributed by atoms with Crippen LogP contribution in [0.5, 0.6) is 5.75 Å². The van der Waals surface area contributed by atoms with E-state index in [0.29, 0.717) is 24.2 Å². The molecule has 1 N–H and O–H groups in total. The van der Waals surface area contributed by atoms with Crippen molar-refractivity contribution in [3.63, 3.8) is 0 Å². The Labute approximate surface area is 179 Å². The SMILES string of the molecule is O=C(N[C@H]1CCOc2ccccc21)c1ccc2c(c1)C(=O)N(Cc1ccccc1)C2=O. The molecule has 154 valence electrons. The van der Waals surface area contributed by atoms with Crippen LogP contribution in [0, 0.1) is 0 Å². The van der Waals surface area contributed by atoms with Gasteiger partial charge in [0, 0.05) is 17.5 Å². The molecule has 3 aromatic carbocycles. The monoisotopic (exact) mass is 412 g/mol. The van der Waals surface area contributed by atoms with Crippen LogP contribution in [0.3, 0.4) is 0 Å². The topological polar surface area (TPSA) is 75.7 Å². The maximum Gasteiger partial charge on any atom is 0.261 e. The number of hydrogen-bond donors (Lipinski definition) is 1. The standard InChI is InChI=1S/C25H20N2O4/c28-23(26-21-12-13-31-22-9-5-4-8-19(21)22)17-10-11-18-20(14-17)25(30)27(24(18)29)15-16-6-2-1-3-7-16/h1-11,14,21H,12-13,15H2,(H,26,28)/t21-/m0/s1. The van der Waals surface area contributed by atoms with Crippen molar-refractivity contribution in [1.29, 1.82) is 0 Å². The number of benzene rings is 3. The number of nitrogens with zero attached hydrogens (tertiary/aromatic N) is 1. The molecule has 31 heavy (non-hydrogen) atoms. The summed E-state index contributed by atoms with van der Waals surface area (Å²) in [4.78, 5) is 39.8. The molecule has 0 radical (unpaired) electrons. The van der Waals surface area contributed by atoms with Crippen LogP contribution in [0.15, 0.2) is 72.8 Å². The molecule has 0 saturated heterocycles. The fourth-order valence-electron chi connectivity index (χ4n) is 4.08. The minimum Gasteiger partial charge on any atom is -0.493 e. The predicted molar refractivity (Wildman–Crippen MR) is 114 cm³/mol. The Morgan fingerprint density at radius 2 is 1.68 bits per heavy atom. The number of rotatable bonds is 4. The van der Waals surface area contributed by atoms with Gasteiger partial charge in [-0.1, -0.05) is 48.5 Å². The average Bonchev–Trinajstić information content (AvgIpc) is 3.04. The Morgan fingerprint density at radius 3 is 2.52 bits per heavy atom. The molecule has 0 fully saturated rings. The molecule has 0 spiro atoms. The number of hydrogen-bond acceptors (Lipinski definition) is 4. The zero-order valence-corrected chi connectivity index (χ0v) is 16.7. The Kier molecular flexibility index (Phi) is 4.75. The first-order valence-corrected chi connectivity index (χ1v) is 10.2. The van der Waals surface area contributed by atoms with Crippen LogP contribution in [0.25, 0.3) is 0 Å². The first-order valence-electron chi connectivity index (χ1n) is 10.2. The maximum absolute atomic E-state index is 12.9. The van der Waals surface area contributed by atoms with Crippen LogP contribution in [0.2, 0.25) is 0 Å². The quantitative estimate of drug-likeness (QED) is 0.663. The molecule has 0 aliphatic carbocycles. The van der Waals surface area contributed by atoms with Crippen LogP contribution in [0.4, 0.5) is 0 Å². The van der Waals surface area contributed by atoms with E-state index in [2.05, 4.69) is 5.32 Å². The number of nitrogens with one attached hydrogen (secondary N) is 1. The fraction of sp³-hybridized carbons (Fsp3) is 0.160. The normalized spacial score (nSPS) is 17.0. The highest BCUT2D eigenvalue weighted by Crippen LogP contribution is 2.32. The van der Waals surface area contributed by atoms with Crippen molar-refractivity contribution in [3.8, 4) is 5.75 Å². The van der Waals surface area contributed by atoms with Crippen molar-refractivity contribution in [2.75, 3.05) is 6.61 Å². The minimum absolute atomic E-state index is 0.169. The van der Waals surface area contributed by atoms with Crippen molar-refractivity contribution in [2.24, 2.45) is 0 Å². The Balaban J connectivity index is 1.36. The predicted octanol–water partition coefficient (Wildman–Crippen LogP) is 3.74. The smallest absolute Gasteiger partial charge is 0.261 e. The summed E-state index contributed by atoms with van der Waals surface area (Å²) in [5.74, 6) is -0.235. The lowest BCUT2D eigenvalue weighted by Gasteiger charge is -2.26. The number of imide groups is 1. The summed E-state index contributed by atoms with van der Waals surface area (Å²) in [7, 11) is 0. The molecule has 3 amide bonds. The molecule has 2 heterocycles. The van der Waals surface area contributed by atoms with E-state index in [1.807, 2.05) is 54.6 Å². The summed E-state index contributed by atoms with van der Waals surface area (Å²) in [6.45, 7) is 0.723. The van der Waals surface area contributed by atoms with Gasteiger partial charge in [-0.25, -0.2) is 0 Å². The molecule has 0 saturated carbocycles. The van der Waals surface area contributed by atoms with Gasteiger partial charge in [-0.2, -0.15) is 0 Å².